The van der Waals surface area contributed by atoms with Crippen LogP contribution in [0.3, 0.4) is 0 Å². The molecule has 2 saturated heterocycles. The molecule has 0 bridgehead atoms. The number of hydrogen-bond acceptors (Lipinski definition) is 3. The standard InChI is InChI=1S/C12H23N3O.2ClH/c1-10-8-14-7-3-4-11(14)9-15(10)12(16)5-6-13-2;;/h10-11,13H,3-9H2,1-2H3;2*1H. The fourth-order valence-corrected chi connectivity index (χ4v) is 2.91. The Morgan fingerprint density at radius 2 is 2.06 bits per heavy atom. The second-order valence-corrected chi connectivity index (χ2v) is 5.04. The first kappa shape index (κ1) is 18.0. The van der Waals surface area contributed by atoms with Gasteiger partial charge in [0.2, 0.25) is 5.91 Å². The summed E-state index contributed by atoms with van der Waals surface area (Å²) in [5.41, 5.74) is 0. The van der Waals surface area contributed by atoms with E-state index >= 15 is 0 Å². The molecule has 2 fully saturated rings. The van der Waals surface area contributed by atoms with Crippen molar-refractivity contribution in [1.82, 2.24) is 15.1 Å². The number of hydrogen-bond donors (Lipinski definition) is 1. The summed E-state index contributed by atoms with van der Waals surface area (Å²) in [6.45, 7) is 6.20. The quantitative estimate of drug-likeness (QED) is 0.848. The number of nitrogens with one attached hydrogen (secondary N) is 1. The zero-order valence-corrected chi connectivity index (χ0v) is 12.9. The number of amides is 1. The smallest absolute Gasteiger partial charge is 0.224 e. The second kappa shape index (κ2) is 8.20. The van der Waals surface area contributed by atoms with Crippen molar-refractivity contribution in [2.75, 3.05) is 33.2 Å². The van der Waals surface area contributed by atoms with Crippen molar-refractivity contribution in [1.29, 1.82) is 0 Å². The Balaban J connectivity index is 0.00000144. The van der Waals surface area contributed by atoms with Crippen LogP contribution in [-0.4, -0.2) is 61.0 Å². The molecule has 0 spiro atoms. The molecule has 18 heavy (non-hydrogen) atoms. The number of nitrogens with zero attached hydrogens (tertiary/aromatic N) is 2. The molecule has 6 heteroatoms. The predicted octanol–water partition coefficient (Wildman–Crippen LogP) is 1.13. The Hall–Kier alpha value is -0.0300. The molecule has 0 aromatic rings. The number of rotatable bonds is 3. The summed E-state index contributed by atoms with van der Waals surface area (Å²) >= 11 is 0. The van der Waals surface area contributed by atoms with Gasteiger partial charge in [0.05, 0.1) is 0 Å². The molecule has 1 amide bonds. The number of fused-ring (bicyclic) bond motifs is 1. The highest BCUT2D eigenvalue weighted by molar-refractivity contribution is 5.85. The number of piperazine rings is 1. The van der Waals surface area contributed by atoms with Crippen LogP contribution in [0.5, 0.6) is 0 Å². The van der Waals surface area contributed by atoms with Crippen LogP contribution < -0.4 is 5.32 Å². The summed E-state index contributed by atoms with van der Waals surface area (Å²) in [4.78, 5) is 16.7. The van der Waals surface area contributed by atoms with Gasteiger partial charge in [0.1, 0.15) is 0 Å². The predicted molar refractivity (Wildman–Crippen MR) is 78.8 cm³/mol. The highest BCUT2D eigenvalue weighted by atomic mass is 35.5. The van der Waals surface area contributed by atoms with E-state index in [0.717, 1.165) is 19.6 Å². The Morgan fingerprint density at radius 3 is 2.72 bits per heavy atom. The van der Waals surface area contributed by atoms with Gasteiger partial charge in [-0.2, -0.15) is 0 Å². The lowest BCUT2D eigenvalue weighted by Crippen LogP contribution is -2.56. The molecule has 2 unspecified atom stereocenters. The monoisotopic (exact) mass is 297 g/mol. The van der Waals surface area contributed by atoms with Gasteiger partial charge < -0.3 is 10.2 Å². The molecule has 0 radical (unpaired) electrons. The third-order valence-corrected chi connectivity index (χ3v) is 3.85. The van der Waals surface area contributed by atoms with Crippen LogP contribution in [-0.2, 0) is 4.79 Å². The van der Waals surface area contributed by atoms with Crippen LogP contribution >= 0.6 is 24.8 Å². The SMILES string of the molecule is CNCCC(=O)N1CC2CCCN2CC1C.Cl.Cl. The van der Waals surface area contributed by atoms with Crippen LogP contribution in [0.2, 0.25) is 0 Å². The number of carbonyl (C=O) groups excluding carboxylic acids is 1. The van der Waals surface area contributed by atoms with E-state index in [9.17, 15) is 4.79 Å². The maximum Gasteiger partial charge on any atom is 0.224 e. The first-order chi connectivity index (χ1) is 7.72. The van der Waals surface area contributed by atoms with E-state index in [1.807, 2.05) is 7.05 Å². The van der Waals surface area contributed by atoms with Gasteiger partial charge >= 0.3 is 0 Å². The molecule has 2 aliphatic heterocycles. The van der Waals surface area contributed by atoms with Gasteiger partial charge in [-0.3, -0.25) is 9.69 Å². The van der Waals surface area contributed by atoms with E-state index < -0.39 is 0 Å². The zero-order valence-electron chi connectivity index (χ0n) is 11.2. The van der Waals surface area contributed by atoms with Crippen molar-refractivity contribution >= 4 is 30.7 Å². The molecule has 108 valence electrons. The molecule has 0 aliphatic carbocycles. The van der Waals surface area contributed by atoms with E-state index in [1.54, 1.807) is 0 Å². The van der Waals surface area contributed by atoms with Gasteiger partial charge in [-0.1, -0.05) is 0 Å². The Labute approximate surface area is 122 Å². The molecule has 2 aliphatic rings. The average molecular weight is 298 g/mol. The third kappa shape index (κ3) is 3.98. The lowest BCUT2D eigenvalue weighted by Gasteiger charge is -2.42. The Kier molecular flexibility index (Phi) is 8.19. The summed E-state index contributed by atoms with van der Waals surface area (Å²) in [5.74, 6) is 0.313. The first-order valence-electron chi connectivity index (χ1n) is 6.40. The summed E-state index contributed by atoms with van der Waals surface area (Å²) in [7, 11) is 1.89. The Morgan fingerprint density at radius 1 is 1.33 bits per heavy atom. The normalized spacial score (nSPS) is 27.1. The van der Waals surface area contributed by atoms with E-state index in [2.05, 4.69) is 22.0 Å². The summed E-state index contributed by atoms with van der Waals surface area (Å²) in [5, 5.41) is 3.04. The molecule has 0 aromatic carbocycles. The van der Waals surface area contributed by atoms with Gasteiger partial charge in [0, 0.05) is 38.1 Å². The van der Waals surface area contributed by atoms with E-state index in [0.29, 0.717) is 24.4 Å². The van der Waals surface area contributed by atoms with Crippen LogP contribution in [0.15, 0.2) is 0 Å². The van der Waals surface area contributed by atoms with Gasteiger partial charge in [-0.05, 0) is 33.4 Å². The zero-order chi connectivity index (χ0) is 11.5. The molecule has 0 aromatic heterocycles. The fourth-order valence-electron chi connectivity index (χ4n) is 2.91. The molecule has 2 heterocycles. The third-order valence-electron chi connectivity index (χ3n) is 3.85. The molecule has 4 nitrogen and oxygen atoms in total. The minimum Gasteiger partial charge on any atom is -0.337 e. The summed E-state index contributed by atoms with van der Waals surface area (Å²) in [6, 6.07) is 1.02. The highest BCUT2D eigenvalue weighted by Crippen LogP contribution is 2.24. The molecular formula is C12H25Cl2N3O. The average Bonchev–Trinajstić information content (AvgIpc) is 2.71. The van der Waals surface area contributed by atoms with E-state index in [1.165, 1.54) is 19.4 Å². The molecule has 2 rings (SSSR count). The van der Waals surface area contributed by atoms with Gasteiger partial charge in [0.15, 0.2) is 0 Å². The maximum absolute atomic E-state index is 12.0. The topological polar surface area (TPSA) is 35.6 Å². The van der Waals surface area contributed by atoms with Crippen LogP contribution in [0.1, 0.15) is 26.2 Å². The minimum atomic E-state index is 0. The second-order valence-electron chi connectivity index (χ2n) is 5.04. The summed E-state index contributed by atoms with van der Waals surface area (Å²) in [6.07, 6.45) is 3.20. The fraction of sp³-hybridized carbons (Fsp3) is 0.917. The number of carbonyl (C=O) groups is 1. The van der Waals surface area contributed by atoms with Crippen molar-refractivity contribution < 1.29 is 4.79 Å². The molecule has 0 saturated carbocycles. The molecule has 2 atom stereocenters. The molecule has 1 N–H and O–H groups in total. The lowest BCUT2D eigenvalue weighted by atomic mass is 10.1. The van der Waals surface area contributed by atoms with Crippen molar-refractivity contribution in [2.24, 2.45) is 0 Å². The van der Waals surface area contributed by atoms with Crippen LogP contribution in [0.25, 0.3) is 0 Å². The van der Waals surface area contributed by atoms with Crippen molar-refractivity contribution in [3.05, 3.63) is 0 Å². The first-order valence-corrected chi connectivity index (χ1v) is 6.40. The van der Waals surface area contributed by atoms with Crippen molar-refractivity contribution in [2.45, 2.75) is 38.3 Å². The van der Waals surface area contributed by atoms with Gasteiger partial charge in [0.25, 0.3) is 0 Å². The lowest BCUT2D eigenvalue weighted by molar-refractivity contribution is -0.136. The minimum absolute atomic E-state index is 0. The van der Waals surface area contributed by atoms with Crippen molar-refractivity contribution in [3.8, 4) is 0 Å². The Bertz CT molecular complexity index is 266. The highest BCUT2D eigenvalue weighted by Gasteiger charge is 2.35. The van der Waals surface area contributed by atoms with Gasteiger partial charge in [-0.25, -0.2) is 0 Å². The maximum atomic E-state index is 12.0. The molecular weight excluding hydrogens is 273 g/mol. The summed E-state index contributed by atoms with van der Waals surface area (Å²) < 4.78 is 0. The largest absolute Gasteiger partial charge is 0.337 e. The van der Waals surface area contributed by atoms with Crippen molar-refractivity contribution in [3.63, 3.8) is 0 Å². The van der Waals surface area contributed by atoms with Crippen LogP contribution in [0, 0.1) is 0 Å². The van der Waals surface area contributed by atoms with Gasteiger partial charge in [-0.15, -0.1) is 24.8 Å². The van der Waals surface area contributed by atoms with Crippen LogP contribution in [0.4, 0.5) is 0 Å². The van der Waals surface area contributed by atoms with E-state index in [4.69, 9.17) is 0 Å². The number of halogens is 2. The van der Waals surface area contributed by atoms with E-state index in [-0.39, 0.29) is 24.8 Å².